The molecule has 0 unspecified atom stereocenters. The molecule has 1 aromatic heterocycles. The van der Waals surface area contributed by atoms with Crippen LogP contribution in [0.15, 0.2) is 42.7 Å². The Morgan fingerprint density at radius 1 is 1.23 bits per heavy atom. The highest BCUT2D eigenvalue weighted by atomic mass is 16.2. The molecule has 2 aromatic rings. The molecule has 1 atom stereocenters. The van der Waals surface area contributed by atoms with E-state index in [4.69, 9.17) is 0 Å². The summed E-state index contributed by atoms with van der Waals surface area (Å²) in [6.07, 6.45) is 4.89. The number of hydrogen-bond acceptors (Lipinski definition) is 3. The van der Waals surface area contributed by atoms with Crippen LogP contribution in [0.2, 0.25) is 0 Å². The van der Waals surface area contributed by atoms with E-state index in [2.05, 4.69) is 10.4 Å². The minimum absolute atomic E-state index is 0.0236. The molecule has 0 spiro atoms. The number of aromatic nitrogens is 2. The lowest BCUT2D eigenvalue weighted by atomic mass is 9.95. The molecule has 6 heteroatoms. The van der Waals surface area contributed by atoms with Crippen LogP contribution < -0.4 is 5.32 Å². The molecule has 138 valence electrons. The molecule has 2 amide bonds. The van der Waals surface area contributed by atoms with E-state index in [-0.39, 0.29) is 23.8 Å². The van der Waals surface area contributed by atoms with Gasteiger partial charge >= 0.3 is 0 Å². The summed E-state index contributed by atoms with van der Waals surface area (Å²) in [5.41, 5.74) is 2.31. The average Bonchev–Trinajstić information content (AvgIpc) is 3.21. The summed E-state index contributed by atoms with van der Waals surface area (Å²) >= 11 is 0. The maximum Gasteiger partial charge on any atom is 0.247 e. The highest BCUT2D eigenvalue weighted by molar-refractivity contribution is 5.81. The first-order chi connectivity index (χ1) is 12.5. The fourth-order valence-corrected chi connectivity index (χ4v) is 3.29. The Kier molecular flexibility index (Phi) is 5.71. The Hall–Kier alpha value is -2.63. The quantitative estimate of drug-likeness (QED) is 0.896. The van der Waals surface area contributed by atoms with Crippen molar-refractivity contribution in [3.8, 4) is 0 Å². The first-order valence-electron chi connectivity index (χ1n) is 9.16. The zero-order chi connectivity index (χ0) is 18.5. The number of hydrogen-bond donors (Lipinski definition) is 1. The molecule has 0 bridgehead atoms. The second kappa shape index (κ2) is 8.17. The van der Waals surface area contributed by atoms with Crippen LogP contribution in [0.25, 0.3) is 0 Å². The van der Waals surface area contributed by atoms with Crippen LogP contribution in [-0.4, -0.2) is 39.6 Å². The number of carbonyl (C=O) groups excluding carboxylic acids is 2. The number of nitrogens with zero attached hydrogens (tertiary/aromatic N) is 3. The standard InChI is InChI=1S/C20H26N4O2/c1-15-4-6-17(7-5-15)14-21-19(25)18-8-12-23(13-9-18)20(26)16(2)24-11-3-10-22-24/h3-7,10-11,16,18H,8-9,12-14H2,1-2H3,(H,21,25)/t16-/m0/s1. The van der Waals surface area contributed by atoms with E-state index in [1.54, 1.807) is 17.1 Å². The molecule has 1 aliphatic rings. The van der Waals surface area contributed by atoms with Gasteiger partial charge in [0.1, 0.15) is 6.04 Å². The molecule has 0 saturated carbocycles. The van der Waals surface area contributed by atoms with Crippen molar-refractivity contribution in [1.29, 1.82) is 0 Å². The number of rotatable bonds is 5. The van der Waals surface area contributed by atoms with E-state index in [1.165, 1.54) is 5.56 Å². The third-order valence-electron chi connectivity index (χ3n) is 5.04. The SMILES string of the molecule is Cc1ccc(CNC(=O)C2CCN(C(=O)[C@H](C)n3cccn3)CC2)cc1. The zero-order valence-electron chi connectivity index (χ0n) is 15.4. The van der Waals surface area contributed by atoms with Crippen molar-refractivity contribution in [2.24, 2.45) is 5.92 Å². The summed E-state index contributed by atoms with van der Waals surface area (Å²) in [7, 11) is 0. The molecular formula is C20H26N4O2. The topological polar surface area (TPSA) is 67.2 Å². The maximum absolute atomic E-state index is 12.6. The largest absolute Gasteiger partial charge is 0.352 e. The lowest BCUT2D eigenvalue weighted by Crippen LogP contribution is -2.45. The lowest BCUT2D eigenvalue weighted by molar-refractivity contribution is -0.138. The first-order valence-corrected chi connectivity index (χ1v) is 9.16. The predicted molar refractivity (Wildman–Crippen MR) is 99.3 cm³/mol. The summed E-state index contributed by atoms with van der Waals surface area (Å²) < 4.78 is 1.67. The fraction of sp³-hybridized carbons (Fsp3) is 0.450. The van der Waals surface area contributed by atoms with Crippen LogP contribution in [0.3, 0.4) is 0 Å². The molecule has 1 aromatic carbocycles. The molecule has 2 heterocycles. The van der Waals surface area contributed by atoms with Crippen molar-refractivity contribution in [2.75, 3.05) is 13.1 Å². The summed E-state index contributed by atoms with van der Waals surface area (Å²) in [5.74, 6) is 0.120. The first kappa shape index (κ1) is 18.2. The number of benzene rings is 1. The van der Waals surface area contributed by atoms with Gasteiger partial charge in [0.2, 0.25) is 11.8 Å². The van der Waals surface area contributed by atoms with E-state index in [9.17, 15) is 9.59 Å². The van der Waals surface area contributed by atoms with Gasteiger partial charge in [-0.15, -0.1) is 0 Å². The molecule has 6 nitrogen and oxygen atoms in total. The van der Waals surface area contributed by atoms with Crippen molar-refractivity contribution in [1.82, 2.24) is 20.0 Å². The van der Waals surface area contributed by atoms with Gasteiger partial charge in [0, 0.05) is 37.9 Å². The summed E-state index contributed by atoms with van der Waals surface area (Å²) in [6.45, 7) is 5.69. The van der Waals surface area contributed by atoms with Crippen LogP contribution in [0, 0.1) is 12.8 Å². The van der Waals surface area contributed by atoms with Crippen LogP contribution in [-0.2, 0) is 16.1 Å². The van der Waals surface area contributed by atoms with Gasteiger partial charge in [0.15, 0.2) is 0 Å². The van der Waals surface area contributed by atoms with Crippen molar-refractivity contribution < 1.29 is 9.59 Å². The van der Waals surface area contributed by atoms with Gasteiger partial charge in [-0.1, -0.05) is 29.8 Å². The Labute approximate surface area is 154 Å². The predicted octanol–water partition coefficient (Wildman–Crippen LogP) is 2.31. The minimum Gasteiger partial charge on any atom is -0.352 e. The monoisotopic (exact) mass is 354 g/mol. The molecule has 3 rings (SSSR count). The Morgan fingerprint density at radius 2 is 1.92 bits per heavy atom. The number of piperidine rings is 1. The number of carbonyl (C=O) groups is 2. The van der Waals surface area contributed by atoms with E-state index < -0.39 is 0 Å². The Bertz CT molecular complexity index is 732. The fourth-order valence-electron chi connectivity index (χ4n) is 3.29. The van der Waals surface area contributed by atoms with Gasteiger partial charge in [-0.3, -0.25) is 14.3 Å². The van der Waals surface area contributed by atoms with E-state index in [1.807, 2.05) is 49.1 Å². The molecular weight excluding hydrogens is 328 g/mol. The van der Waals surface area contributed by atoms with Crippen LogP contribution >= 0.6 is 0 Å². The van der Waals surface area contributed by atoms with Gasteiger partial charge in [0.05, 0.1) is 0 Å². The number of nitrogens with one attached hydrogen (secondary N) is 1. The molecule has 1 fully saturated rings. The van der Waals surface area contributed by atoms with Gasteiger partial charge < -0.3 is 10.2 Å². The van der Waals surface area contributed by atoms with Crippen molar-refractivity contribution in [3.05, 3.63) is 53.9 Å². The van der Waals surface area contributed by atoms with Gasteiger partial charge in [0.25, 0.3) is 0 Å². The van der Waals surface area contributed by atoms with Crippen LogP contribution in [0.4, 0.5) is 0 Å². The lowest BCUT2D eigenvalue weighted by Gasteiger charge is -2.33. The smallest absolute Gasteiger partial charge is 0.247 e. The minimum atomic E-state index is -0.308. The zero-order valence-corrected chi connectivity index (χ0v) is 15.4. The highest BCUT2D eigenvalue weighted by Gasteiger charge is 2.29. The van der Waals surface area contributed by atoms with Crippen molar-refractivity contribution in [3.63, 3.8) is 0 Å². The molecule has 0 radical (unpaired) electrons. The maximum atomic E-state index is 12.6. The van der Waals surface area contributed by atoms with E-state index in [0.717, 1.165) is 5.56 Å². The summed E-state index contributed by atoms with van der Waals surface area (Å²) in [6, 6.07) is 9.67. The van der Waals surface area contributed by atoms with E-state index in [0.29, 0.717) is 32.5 Å². The Balaban J connectivity index is 1.46. The normalized spacial score (nSPS) is 16.3. The van der Waals surface area contributed by atoms with Gasteiger partial charge in [-0.25, -0.2) is 0 Å². The van der Waals surface area contributed by atoms with Crippen LogP contribution in [0.1, 0.15) is 36.9 Å². The van der Waals surface area contributed by atoms with Crippen molar-refractivity contribution in [2.45, 2.75) is 39.3 Å². The number of amides is 2. The van der Waals surface area contributed by atoms with Gasteiger partial charge in [-0.05, 0) is 38.3 Å². The van der Waals surface area contributed by atoms with Crippen molar-refractivity contribution >= 4 is 11.8 Å². The third-order valence-corrected chi connectivity index (χ3v) is 5.04. The van der Waals surface area contributed by atoms with E-state index >= 15 is 0 Å². The molecule has 1 aliphatic heterocycles. The molecule has 1 N–H and O–H groups in total. The number of likely N-dealkylation sites (tertiary alicyclic amines) is 1. The van der Waals surface area contributed by atoms with Crippen LogP contribution in [0.5, 0.6) is 0 Å². The highest BCUT2D eigenvalue weighted by Crippen LogP contribution is 2.20. The molecule has 0 aliphatic carbocycles. The second-order valence-corrected chi connectivity index (χ2v) is 6.97. The number of aryl methyl sites for hydroxylation is 1. The average molecular weight is 354 g/mol. The summed E-state index contributed by atoms with van der Waals surface area (Å²) in [4.78, 5) is 26.8. The van der Waals surface area contributed by atoms with Gasteiger partial charge in [-0.2, -0.15) is 5.10 Å². The molecule has 1 saturated heterocycles. The second-order valence-electron chi connectivity index (χ2n) is 6.97. The Morgan fingerprint density at radius 3 is 2.54 bits per heavy atom. The summed E-state index contributed by atoms with van der Waals surface area (Å²) in [5, 5.41) is 7.16. The molecule has 26 heavy (non-hydrogen) atoms. The third kappa shape index (κ3) is 4.31.